The zero-order chi connectivity index (χ0) is 22.4. The van der Waals surface area contributed by atoms with Gasteiger partial charge in [0.05, 0.1) is 13.2 Å². The van der Waals surface area contributed by atoms with Crippen LogP contribution in [0.3, 0.4) is 0 Å². The van der Waals surface area contributed by atoms with Gasteiger partial charge in [-0.3, -0.25) is 4.79 Å². The Morgan fingerprint density at radius 2 is 1.68 bits per heavy atom. The first-order valence-corrected chi connectivity index (χ1v) is 10.9. The van der Waals surface area contributed by atoms with E-state index in [1.54, 1.807) is 7.11 Å². The minimum Gasteiger partial charge on any atom is -0.383 e. The van der Waals surface area contributed by atoms with Crippen LogP contribution in [0.4, 0.5) is 0 Å². The lowest BCUT2D eigenvalue weighted by atomic mass is 9.86. The predicted octanol–water partition coefficient (Wildman–Crippen LogP) is 5.43. The SMILES string of the molecule is COCCN(Cc1cccn1Cc1ccc(C)cc1)C(=O)c1ccc(C(C)(C)C)cc1. The number of methoxy groups -OCH3 is 1. The van der Waals surface area contributed by atoms with Crippen molar-refractivity contribution >= 4 is 5.91 Å². The van der Waals surface area contributed by atoms with E-state index in [9.17, 15) is 4.79 Å². The van der Waals surface area contributed by atoms with Gasteiger partial charge in [0.1, 0.15) is 0 Å². The van der Waals surface area contributed by atoms with Crippen molar-refractivity contribution < 1.29 is 9.53 Å². The minimum atomic E-state index is 0.0283. The number of nitrogens with zero attached hydrogens (tertiary/aromatic N) is 2. The molecule has 0 N–H and O–H groups in total. The lowest BCUT2D eigenvalue weighted by Crippen LogP contribution is -2.34. The summed E-state index contributed by atoms with van der Waals surface area (Å²) in [5.74, 6) is 0.0283. The van der Waals surface area contributed by atoms with E-state index in [0.717, 1.165) is 12.2 Å². The Bertz CT molecular complexity index is 979. The van der Waals surface area contributed by atoms with Gasteiger partial charge in [-0.2, -0.15) is 0 Å². The van der Waals surface area contributed by atoms with E-state index < -0.39 is 0 Å². The van der Waals surface area contributed by atoms with E-state index in [2.05, 4.69) is 80.9 Å². The molecule has 3 aromatic rings. The van der Waals surface area contributed by atoms with Crippen LogP contribution in [0, 0.1) is 6.92 Å². The van der Waals surface area contributed by atoms with Gasteiger partial charge in [-0.1, -0.05) is 62.7 Å². The summed E-state index contributed by atoms with van der Waals surface area (Å²) in [4.78, 5) is 15.2. The molecule has 0 spiro atoms. The summed E-state index contributed by atoms with van der Waals surface area (Å²) in [5, 5.41) is 0. The number of hydrogen-bond acceptors (Lipinski definition) is 2. The van der Waals surface area contributed by atoms with Crippen LogP contribution < -0.4 is 0 Å². The van der Waals surface area contributed by atoms with Crippen molar-refractivity contribution in [2.45, 2.75) is 46.2 Å². The fourth-order valence-corrected chi connectivity index (χ4v) is 3.58. The van der Waals surface area contributed by atoms with E-state index in [-0.39, 0.29) is 11.3 Å². The van der Waals surface area contributed by atoms with Crippen LogP contribution in [-0.2, 0) is 23.2 Å². The van der Waals surface area contributed by atoms with Gasteiger partial charge in [0.15, 0.2) is 0 Å². The average molecular weight is 419 g/mol. The number of carbonyl (C=O) groups is 1. The number of aromatic nitrogens is 1. The van der Waals surface area contributed by atoms with Gasteiger partial charge in [-0.05, 0) is 47.7 Å². The van der Waals surface area contributed by atoms with Crippen LogP contribution in [0.15, 0.2) is 66.9 Å². The van der Waals surface area contributed by atoms with E-state index >= 15 is 0 Å². The highest BCUT2D eigenvalue weighted by atomic mass is 16.5. The van der Waals surface area contributed by atoms with Gasteiger partial charge in [0.2, 0.25) is 0 Å². The van der Waals surface area contributed by atoms with Crippen LogP contribution in [-0.4, -0.2) is 35.6 Å². The normalized spacial score (nSPS) is 11.5. The van der Waals surface area contributed by atoms with Crippen LogP contribution >= 0.6 is 0 Å². The molecule has 2 aromatic carbocycles. The van der Waals surface area contributed by atoms with Gasteiger partial charge < -0.3 is 14.2 Å². The maximum absolute atomic E-state index is 13.3. The second-order valence-corrected chi connectivity index (χ2v) is 9.16. The molecule has 0 fully saturated rings. The van der Waals surface area contributed by atoms with Gasteiger partial charge >= 0.3 is 0 Å². The molecule has 0 aliphatic heterocycles. The number of rotatable bonds is 8. The van der Waals surface area contributed by atoms with Gasteiger partial charge in [0.25, 0.3) is 5.91 Å². The molecular weight excluding hydrogens is 384 g/mol. The summed E-state index contributed by atoms with van der Waals surface area (Å²) in [6, 6.07) is 20.7. The largest absolute Gasteiger partial charge is 0.383 e. The summed E-state index contributed by atoms with van der Waals surface area (Å²) < 4.78 is 7.49. The fraction of sp³-hybridized carbons (Fsp3) is 0.370. The molecule has 0 radical (unpaired) electrons. The number of benzene rings is 2. The predicted molar refractivity (Wildman–Crippen MR) is 126 cm³/mol. The van der Waals surface area contributed by atoms with Gasteiger partial charge in [0, 0.05) is 37.7 Å². The summed E-state index contributed by atoms with van der Waals surface area (Å²) in [7, 11) is 1.67. The van der Waals surface area contributed by atoms with Crippen LogP contribution in [0.25, 0.3) is 0 Å². The first-order chi connectivity index (χ1) is 14.8. The number of hydrogen-bond donors (Lipinski definition) is 0. The average Bonchev–Trinajstić information content (AvgIpc) is 3.18. The third kappa shape index (κ3) is 6.08. The smallest absolute Gasteiger partial charge is 0.254 e. The number of ether oxygens (including phenoxy) is 1. The second kappa shape index (κ2) is 9.97. The minimum absolute atomic E-state index is 0.0283. The van der Waals surface area contributed by atoms with E-state index in [4.69, 9.17) is 4.74 Å². The molecule has 4 nitrogen and oxygen atoms in total. The van der Waals surface area contributed by atoms with Crippen LogP contribution in [0.5, 0.6) is 0 Å². The molecule has 0 aliphatic carbocycles. The molecule has 1 amide bonds. The zero-order valence-electron chi connectivity index (χ0n) is 19.4. The second-order valence-electron chi connectivity index (χ2n) is 9.16. The molecule has 0 saturated heterocycles. The lowest BCUT2D eigenvalue weighted by molar-refractivity contribution is 0.0676. The first kappa shape index (κ1) is 22.8. The Hall–Kier alpha value is -2.85. The molecule has 1 heterocycles. The van der Waals surface area contributed by atoms with Gasteiger partial charge in [-0.25, -0.2) is 0 Å². The summed E-state index contributed by atoms with van der Waals surface area (Å²) >= 11 is 0. The quantitative estimate of drug-likeness (QED) is 0.489. The highest BCUT2D eigenvalue weighted by molar-refractivity contribution is 5.94. The van der Waals surface area contributed by atoms with Crippen molar-refractivity contribution in [2.75, 3.05) is 20.3 Å². The molecule has 3 rings (SSSR count). The molecule has 0 atom stereocenters. The van der Waals surface area contributed by atoms with E-state index in [1.807, 2.05) is 23.1 Å². The van der Waals surface area contributed by atoms with E-state index in [1.165, 1.54) is 16.7 Å². The zero-order valence-corrected chi connectivity index (χ0v) is 19.4. The molecule has 4 heteroatoms. The standard InChI is InChI=1S/C27H34N2O2/c1-21-8-10-22(11-9-21)19-28-16-6-7-25(28)20-29(17-18-31-5)26(30)23-12-14-24(15-13-23)27(2,3)4/h6-16H,17-20H2,1-5H3. The number of carbonyl (C=O) groups excluding carboxylic acids is 1. The Morgan fingerprint density at radius 1 is 1.00 bits per heavy atom. The van der Waals surface area contributed by atoms with Gasteiger partial charge in [-0.15, -0.1) is 0 Å². The molecule has 0 bridgehead atoms. The molecule has 164 valence electrons. The molecule has 0 unspecified atom stereocenters. The Labute approximate surface area is 186 Å². The Morgan fingerprint density at radius 3 is 2.29 bits per heavy atom. The maximum atomic E-state index is 13.3. The number of amides is 1. The molecular formula is C27H34N2O2. The maximum Gasteiger partial charge on any atom is 0.254 e. The van der Waals surface area contributed by atoms with Crippen molar-refractivity contribution in [3.63, 3.8) is 0 Å². The fourth-order valence-electron chi connectivity index (χ4n) is 3.58. The van der Waals surface area contributed by atoms with Crippen molar-refractivity contribution in [2.24, 2.45) is 0 Å². The van der Waals surface area contributed by atoms with Crippen LogP contribution in [0.2, 0.25) is 0 Å². The molecule has 31 heavy (non-hydrogen) atoms. The third-order valence-electron chi connectivity index (χ3n) is 5.60. The highest BCUT2D eigenvalue weighted by Gasteiger charge is 2.19. The molecule has 1 aromatic heterocycles. The summed E-state index contributed by atoms with van der Waals surface area (Å²) in [6.07, 6.45) is 2.08. The van der Waals surface area contributed by atoms with Crippen molar-refractivity contribution in [3.8, 4) is 0 Å². The molecule has 0 saturated carbocycles. The summed E-state index contributed by atoms with van der Waals surface area (Å²) in [5.41, 5.74) is 5.60. The Kier molecular flexibility index (Phi) is 7.34. The third-order valence-corrected chi connectivity index (χ3v) is 5.60. The monoisotopic (exact) mass is 418 g/mol. The molecule has 0 aliphatic rings. The van der Waals surface area contributed by atoms with Crippen molar-refractivity contribution in [1.29, 1.82) is 0 Å². The highest BCUT2D eigenvalue weighted by Crippen LogP contribution is 2.23. The topological polar surface area (TPSA) is 34.5 Å². The van der Waals surface area contributed by atoms with Crippen LogP contribution in [0.1, 0.15) is 53.5 Å². The van der Waals surface area contributed by atoms with Crippen molar-refractivity contribution in [3.05, 3.63) is 94.8 Å². The first-order valence-electron chi connectivity index (χ1n) is 10.9. The lowest BCUT2D eigenvalue weighted by Gasteiger charge is -2.24. The van der Waals surface area contributed by atoms with Crippen molar-refractivity contribution in [1.82, 2.24) is 9.47 Å². The summed E-state index contributed by atoms with van der Waals surface area (Å²) in [6.45, 7) is 11.0. The number of aryl methyl sites for hydroxylation is 1. The Balaban J connectivity index is 1.78. The van der Waals surface area contributed by atoms with E-state index in [0.29, 0.717) is 25.3 Å².